The number of aromatic nitrogens is 1. The number of carbonyl (C=O) groups is 3. The summed E-state index contributed by atoms with van der Waals surface area (Å²) in [5.41, 5.74) is 2.72. The van der Waals surface area contributed by atoms with Crippen LogP contribution in [-0.2, 0) is 27.1 Å². The number of amides is 1. The van der Waals surface area contributed by atoms with Crippen LogP contribution >= 0.6 is 11.3 Å². The van der Waals surface area contributed by atoms with Crippen molar-refractivity contribution in [2.24, 2.45) is 5.92 Å². The van der Waals surface area contributed by atoms with Crippen molar-refractivity contribution in [3.05, 3.63) is 46.2 Å². The number of ether oxygens (including phenoxy) is 2. The van der Waals surface area contributed by atoms with Gasteiger partial charge in [-0.25, -0.2) is 14.6 Å². The molecule has 0 fully saturated rings. The van der Waals surface area contributed by atoms with Gasteiger partial charge in [0.1, 0.15) is 10.5 Å². The fourth-order valence-corrected chi connectivity index (χ4v) is 5.04. The van der Waals surface area contributed by atoms with Gasteiger partial charge < -0.3 is 19.2 Å². The summed E-state index contributed by atoms with van der Waals surface area (Å²) in [6, 6.07) is 4.69. The lowest BCUT2D eigenvalue weighted by Gasteiger charge is -2.18. The molecule has 1 amide bonds. The van der Waals surface area contributed by atoms with Crippen molar-refractivity contribution >= 4 is 45.3 Å². The SMILES string of the molecule is CCOC(=O)c1c(NC(=O)COC(=O)c2ccc3ocnc3c2)sc2c1CCC(C)C2. The third-order valence-electron chi connectivity index (χ3n) is 5.14. The predicted octanol–water partition coefficient (Wildman–Crippen LogP) is 3.99. The maximum atomic E-state index is 12.5. The molecular formula is C22H22N2O6S. The quantitative estimate of drug-likeness (QED) is 0.575. The van der Waals surface area contributed by atoms with E-state index in [4.69, 9.17) is 13.9 Å². The fraction of sp³-hybridized carbons (Fsp3) is 0.364. The Hall–Kier alpha value is -3.20. The zero-order valence-electron chi connectivity index (χ0n) is 17.2. The Morgan fingerprint density at radius 3 is 2.90 bits per heavy atom. The van der Waals surface area contributed by atoms with E-state index in [1.54, 1.807) is 19.1 Å². The van der Waals surface area contributed by atoms with E-state index in [-0.39, 0.29) is 12.2 Å². The van der Waals surface area contributed by atoms with Gasteiger partial charge in [-0.1, -0.05) is 6.92 Å². The smallest absolute Gasteiger partial charge is 0.341 e. The number of carbonyl (C=O) groups excluding carboxylic acids is 3. The predicted molar refractivity (Wildman–Crippen MR) is 114 cm³/mol. The van der Waals surface area contributed by atoms with Crippen LogP contribution in [0.5, 0.6) is 0 Å². The van der Waals surface area contributed by atoms with Crippen molar-refractivity contribution in [1.82, 2.24) is 4.98 Å². The number of oxazole rings is 1. The molecule has 8 nitrogen and oxygen atoms in total. The van der Waals surface area contributed by atoms with Crippen molar-refractivity contribution in [2.75, 3.05) is 18.5 Å². The molecule has 4 rings (SSSR count). The third kappa shape index (κ3) is 4.46. The molecule has 0 spiro atoms. The lowest BCUT2D eigenvalue weighted by molar-refractivity contribution is -0.119. The van der Waals surface area contributed by atoms with Crippen LogP contribution in [0, 0.1) is 5.92 Å². The summed E-state index contributed by atoms with van der Waals surface area (Å²) in [6.45, 7) is 3.69. The van der Waals surface area contributed by atoms with E-state index >= 15 is 0 Å². The van der Waals surface area contributed by atoms with Crippen LogP contribution in [0.3, 0.4) is 0 Å². The fourth-order valence-electron chi connectivity index (χ4n) is 3.62. The number of hydrogen-bond donors (Lipinski definition) is 1. The molecule has 3 aromatic rings. The molecule has 0 bridgehead atoms. The Morgan fingerprint density at radius 1 is 1.26 bits per heavy atom. The molecule has 2 heterocycles. The summed E-state index contributed by atoms with van der Waals surface area (Å²) < 4.78 is 15.5. The Morgan fingerprint density at radius 2 is 2.10 bits per heavy atom. The first-order valence-electron chi connectivity index (χ1n) is 10.1. The average Bonchev–Trinajstić information content (AvgIpc) is 3.35. The molecule has 1 aliphatic carbocycles. The number of hydrogen-bond acceptors (Lipinski definition) is 8. The summed E-state index contributed by atoms with van der Waals surface area (Å²) in [4.78, 5) is 42.4. The second-order valence-corrected chi connectivity index (χ2v) is 8.54. The van der Waals surface area contributed by atoms with Crippen molar-refractivity contribution in [1.29, 1.82) is 0 Å². The molecule has 0 aliphatic heterocycles. The van der Waals surface area contributed by atoms with Crippen molar-refractivity contribution < 1.29 is 28.3 Å². The number of benzene rings is 1. The molecule has 2 aromatic heterocycles. The van der Waals surface area contributed by atoms with Gasteiger partial charge in [0.05, 0.1) is 17.7 Å². The molecular weight excluding hydrogens is 420 g/mol. The van der Waals surface area contributed by atoms with Gasteiger partial charge in [-0.3, -0.25) is 4.79 Å². The van der Waals surface area contributed by atoms with Gasteiger partial charge in [-0.2, -0.15) is 0 Å². The summed E-state index contributed by atoms with van der Waals surface area (Å²) in [5, 5.41) is 3.18. The Labute approximate surface area is 182 Å². The number of anilines is 1. The molecule has 0 saturated heterocycles. The zero-order chi connectivity index (χ0) is 22.0. The summed E-state index contributed by atoms with van der Waals surface area (Å²) in [5.74, 6) is -1.09. The second-order valence-electron chi connectivity index (χ2n) is 7.44. The summed E-state index contributed by atoms with van der Waals surface area (Å²) in [6.07, 6.45) is 3.91. The van der Waals surface area contributed by atoms with Gasteiger partial charge in [0.2, 0.25) is 0 Å². The number of thiophene rings is 1. The van der Waals surface area contributed by atoms with Crippen LogP contribution in [0.25, 0.3) is 11.1 Å². The average molecular weight is 442 g/mol. The number of rotatable bonds is 6. The maximum Gasteiger partial charge on any atom is 0.341 e. The van der Waals surface area contributed by atoms with E-state index in [1.807, 2.05) is 0 Å². The minimum Gasteiger partial charge on any atom is -0.462 e. The molecule has 162 valence electrons. The number of nitrogens with one attached hydrogen (secondary N) is 1. The monoisotopic (exact) mass is 442 g/mol. The Bertz CT molecular complexity index is 1150. The third-order valence-corrected chi connectivity index (χ3v) is 6.31. The van der Waals surface area contributed by atoms with Crippen LogP contribution < -0.4 is 5.32 Å². The van der Waals surface area contributed by atoms with Crippen LogP contribution in [-0.4, -0.2) is 36.0 Å². The zero-order valence-corrected chi connectivity index (χ0v) is 18.0. The number of nitrogens with zero attached hydrogens (tertiary/aromatic N) is 1. The van der Waals surface area contributed by atoms with Crippen LogP contribution in [0.4, 0.5) is 5.00 Å². The van der Waals surface area contributed by atoms with Gasteiger partial charge in [0.15, 0.2) is 18.6 Å². The standard InChI is InChI=1S/C22H22N2O6S/c1-3-28-22(27)19-14-6-4-12(2)8-17(14)31-20(19)24-18(25)10-29-21(26)13-5-7-16-15(9-13)23-11-30-16/h5,7,9,11-12H,3-4,6,8,10H2,1-2H3,(H,24,25). The van der Waals surface area contributed by atoms with E-state index in [1.165, 1.54) is 23.8 Å². The highest BCUT2D eigenvalue weighted by atomic mass is 32.1. The highest BCUT2D eigenvalue weighted by Crippen LogP contribution is 2.40. The van der Waals surface area contributed by atoms with Crippen LogP contribution in [0.1, 0.15) is 51.4 Å². The summed E-state index contributed by atoms with van der Waals surface area (Å²) >= 11 is 1.39. The topological polar surface area (TPSA) is 108 Å². The molecule has 1 aromatic carbocycles. The van der Waals surface area contributed by atoms with Crippen molar-refractivity contribution in [3.8, 4) is 0 Å². The van der Waals surface area contributed by atoms with E-state index in [0.29, 0.717) is 27.6 Å². The minimum atomic E-state index is -0.648. The Kier molecular flexibility index (Phi) is 6.03. The molecule has 1 atom stereocenters. The van der Waals surface area contributed by atoms with Gasteiger partial charge >= 0.3 is 11.9 Å². The molecule has 1 N–H and O–H groups in total. The summed E-state index contributed by atoms with van der Waals surface area (Å²) in [7, 11) is 0. The normalized spacial score (nSPS) is 15.4. The first-order valence-corrected chi connectivity index (χ1v) is 10.9. The number of esters is 2. The lowest BCUT2D eigenvalue weighted by atomic mass is 9.88. The van der Waals surface area contributed by atoms with E-state index in [9.17, 15) is 14.4 Å². The molecule has 31 heavy (non-hydrogen) atoms. The molecule has 1 unspecified atom stereocenters. The van der Waals surface area contributed by atoms with Crippen LogP contribution in [0.2, 0.25) is 0 Å². The largest absolute Gasteiger partial charge is 0.462 e. The van der Waals surface area contributed by atoms with Crippen LogP contribution in [0.15, 0.2) is 29.0 Å². The minimum absolute atomic E-state index is 0.251. The molecule has 0 radical (unpaired) electrons. The molecule has 0 saturated carbocycles. The van der Waals surface area contributed by atoms with E-state index in [0.717, 1.165) is 29.7 Å². The first kappa shape index (κ1) is 21.0. The molecule has 1 aliphatic rings. The molecule has 9 heteroatoms. The lowest BCUT2D eigenvalue weighted by Crippen LogP contribution is -2.22. The van der Waals surface area contributed by atoms with Gasteiger partial charge in [0.25, 0.3) is 5.91 Å². The maximum absolute atomic E-state index is 12.5. The van der Waals surface area contributed by atoms with Gasteiger partial charge in [-0.05, 0) is 55.9 Å². The van der Waals surface area contributed by atoms with Gasteiger partial charge in [-0.15, -0.1) is 11.3 Å². The second kappa shape index (κ2) is 8.89. The van der Waals surface area contributed by atoms with Gasteiger partial charge in [0, 0.05) is 4.88 Å². The highest BCUT2D eigenvalue weighted by Gasteiger charge is 2.29. The van der Waals surface area contributed by atoms with E-state index < -0.39 is 24.5 Å². The Balaban J connectivity index is 1.45. The first-order chi connectivity index (χ1) is 15.0. The van der Waals surface area contributed by atoms with Crippen molar-refractivity contribution in [2.45, 2.75) is 33.1 Å². The highest BCUT2D eigenvalue weighted by molar-refractivity contribution is 7.17. The number of fused-ring (bicyclic) bond motifs is 2. The van der Waals surface area contributed by atoms with E-state index in [2.05, 4.69) is 17.2 Å². The van der Waals surface area contributed by atoms with Crippen molar-refractivity contribution in [3.63, 3.8) is 0 Å².